The molecular formula is C12H18N2O5S. The van der Waals surface area contributed by atoms with Crippen LogP contribution < -0.4 is 10.1 Å². The van der Waals surface area contributed by atoms with Gasteiger partial charge in [0.15, 0.2) is 15.6 Å². The number of nitro benzene ring substituents is 1. The fraction of sp³-hybridized carbons (Fsp3) is 0.500. The number of hydrogen-bond acceptors (Lipinski definition) is 6. The lowest BCUT2D eigenvalue weighted by molar-refractivity contribution is -0.385. The molecule has 20 heavy (non-hydrogen) atoms. The van der Waals surface area contributed by atoms with E-state index >= 15 is 0 Å². The fourth-order valence-corrected chi connectivity index (χ4v) is 1.72. The van der Waals surface area contributed by atoms with Crippen molar-refractivity contribution in [2.45, 2.75) is 18.6 Å². The molecule has 0 bridgehead atoms. The minimum absolute atomic E-state index is 0.122. The molecule has 0 aromatic heterocycles. The van der Waals surface area contributed by atoms with Gasteiger partial charge in [-0.25, -0.2) is 8.42 Å². The second-order valence-corrected chi connectivity index (χ2v) is 7.68. The molecule has 0 fully saturated rings. The summed E-state index contributed by atoms with van der Waals surface area (Å²) in [5, 5.41) is 13.7. The van der Waals surface area contributed by atoms with Crippen molar-refractivity contribution < 1.29 is 18.1 Å². The Labute approximate surface area is 118 Å². The Bertz CT molecular complexity index is 610. The van der Waals surface area contributed by atoms with Gasteiger partial charge in [0, 0.05) is 30.6 Å². The van der Waals surface area contributed by atoms with Crippen molar-refractivity contribution in [1.82, 2.24) is 0 Å². The molecule has 0 spiro atoms. The Morgan fingerprint density at radius 3 is 2.45 bits per heavy atom. The van der Waals surface area contributed by atoms with Crippen LogP contribution in [0, 0.1) is 10.1 Å². The van der Waals surface area contributed by atoms with Crippen LogP contribution in [0.3, 0.4) is 0 Å². The Morgan fingerprint density at radius 2 is 2.00 bits per heavy atom. The van der Waals surface area contributed by atoms with E-state index in [1.54, 1.807) is 13.8 Å². The second-order valence-electron chi connectivity index (χ2n) is 5.03. The van der Waals surface area contributed by atoms with Crippen LogP contribution in [0.25, 0.3) is 0 Å². The smallest absolute Gasteiger partial charge is 0.311 e. The van der Waals surface area contributed by atoms with Gasteiger partial charge in [-0.1, -0.05) is 0 Å². The van der Waals surface area contributed by atoms with E-state index < -0.39 is 19.5 Å². The van der Waals surface area contributed by atoms with Gasteiger partial charge in [-0.05, 0) is 19.9 Å². The van der Waals surface area contributed by atoms with E-state index in [2.05, 4.69) is 5.32 Å². The molecule has 8 heteroatoms. The van der Waals surface area contributed by atoms with Crippen LogP contribution in [-0.4, -0.2) is 38.0 Å². The van der Waals surface area contributed by atoms with Gasteiger partial charge < -0.3 is 10.1 Å². The van der Waals surface area contributed by atoms with Crippen LogP contribution in [0.1, 0.15) is 13.8 Å². The summed E-state index contributed by atoms with van der Waals surface area (Å²) in [5.41, 5.74) is 0.421. The summed E-state index contributed by atoms with van der Waals surface area (Å²) in [6.45, 7) is 3.41. The first-order valence-corrected chi connectivity index (χ1v) is 7.73. The molecule has 112 valence electrons. The van der Waals surface area contributed by atoms with E-state index in [1.807, 2.05) is 0 Å². The molecule has 0 aliphatic carbocycles. The Balaban J connectivity index is 2.93. The number of nitro groups is 1. The molecule has 7 nitrogen and oxygen atoms in total. The Hall–Kier alpha value is -1.83. The SMILES string of the molecule is COc1cc(NCC(C)(C)S(C)(=O)=O)ccc1[N+](=O)[O-]. The van der Waals surface area contributed by atoms with E-state index in [4.69, 9.17) is 4.74 Å². The maximum absolute atomic E-state index is 11.6. The third kappa shape index (κ3) is 3.60. The van der Waals surface area contributed by atoms with Crippen LogP contribution in [0.5, 0.6) is 5.75 Å². The molecule has 0 saturated heterocycles. The second kappa shape index (κ2) is 5.66. The monoisotopic (exact) mass is 302 g/mol. The average molecular weight is 302 g/mol. The summed E-state index contributed by atoms with van der Waals surface area (Å²) in [6, 6.07) is 4.30. The number of anilines is 1. The first-order chi connectivity index (χ1) is 9.08. The molecule has 0 saturated carbocycles. The van der Waals surface area contributed by atoms with Crippen LogP contribution in [0.4, 0.5) is 11.4 Å². The molecule has 0 aliphatic heterocycles. The van der Waals surface area contributed by atoms with Crippen molar-refractivity contribution in [3.8, 4) is 5.75 Å². The number of hydrogen-bond donors (Lipinski definition) is 1. The molecule has 0 unspecified atom stereocenters. The van der Waals surface area contributed by atoms with E-state index in [1.165, 1.54) is 31.6 Å². The highest BCUT2D eigenvalue weighted by molar-refractivity contribution is 7.92. The normalized spacial score (nSPS) is 12.0. The van der Waals surface area contributed by atoms with Crippen LogP contribution >= 0.6 is 0 Å². The summed E-state index contributed by atoms with van der Waals surface area (Å²) >= 11 is 0. The van der Waals surface area contributed by atoms with Crippen LogP contribution in [0.2, 0.25) is 0 Å². The molecule has 0 amide bonds. The third-order valence-corrected chi connectivity index (χ3v) is 5.25. The summed E-state index contributed by atoms with van der Waals surface area (Å²) in [6.07, 6.45) is 1.17. The zero-order chi connectivity index (χ0) is 15.6. The van der Waals surface area contributed by atoms with Crippen molar-refractivity contribution in [3.63, 3.8) is 0 Å². The largest absolute Gasteiger partial charge is 0.490 e. The summed E-state index contributed by atoms with van der Waals surface area (Å²) in [7, 11) is -1.87. The van der Waals surface area contributed by atoms with Gasteiger partial charge in [0.1, 0.15) is 0 Å². The molecule has 1 N–H and O–H groups in total. The molecule has 0 radical (unpaired) electrons. The lowest BCUT2D eigenvalue weighted by Gasteiger charge is -2.23. The van der Waals surface area contributed by atoms with E-state index in [0.717, 1.165) is 0 Å². The number of nitrogens with one attached hydrogen (secondary N) is 1. The lowest BCUT2D eigenvalue weighted by Crippen LogP contribution is -2.38. The molecular weight excluding hydrogens is 284 g/mol. The highest BCUT2D eigenvalue weighted by atomic mass is 32.2. The predicted octanol–water partition coefficient (Wildman–Crippen LogP) is 1.84. The number of sulfone groups is 1. The van der Waals surface area contributed by atoms with E-state index in [0.29, 0.717) is 5.69 Å². The maximum Gasteiger partial charge on any atom is 0.311 e. The zero-order valence-electron chi connectivity index (χ0n) is 11.8. The van der Waals surface area contributed by atoms with Gasteiger partial charge in [-0.3, -0.25) is 10.1 Å². The van der Waals surface area contributed by atoms with Crippen molar-refractivity contribution >= 4 is 21.2 Å². The summed E-state index contributed by atoms with van der Waals surface area (Å²) in [4.78, 5) is 10.2. The van der Waals surface area contributed by atoms with Crippen molar-refractivity contribution in [2.75, 3.05) is 25.2 Å². The minimum atomic E-state index is -3.21. The predicted molar refractivity (Wildman–Crippen MR) is 77.1 cm³/mol. The number of benzene rings is 1. The Kier molecular flexibility index (Phi) is 4.59. The molecule has 0 heterocycles. The van der Waals surface area contributed by atoms with Crippen molar-refractivity contribution in [1.29, 1.82) is 0 Å². The van der Waals surface area contributed by atoms with Gasteiger partial charge in [-0.2, -0.15) is 0 Å². The van der Waals surface area contributed by atoms with Gasteiger partial charge in [0.05, 0.1) is 16.8 Å². The Morgan fingerprint density at radius 1 is 1.40 bits per heavy atom. The lowest BCUT2D eigenvalue weighted by atomic mass is 10.2. The molecule has 1 aromatic carbocycles. The van der Waals surface area contributed by atoms with Crippen LogP contribution in [0.15, 0.2) is 18.2 Å². The average Bonchev–Trinajstić information content (AvgIpc) is 2.34. The first kappa shape index (κ1) is 16.2. The molecule has 0 aliphatic rings. The quantitative estimate of drug-likeness (QED) is 0.636. The van der Waals surface area contributed by atoms with Gasteiger partial charge >= 0.3 is 5.69 Å². The minimum Gasteiger partial charge on any atom is -0.490 e. The van der Waals surface area contributed by atoms with Gasteiger partial charge in [0.25, 0.3) is 0 Å². The molecule has 1 aromatic rings. The third-order valence-electron chi connectivity index (χ3n) is 3.10. The van der Waals surface area contributed by atoms with E-state index in [9.17, 15) is 18.5 Å². The number of methoxy groups -OCH3 is 1. The number of rotatable bonds is 6. The first-order valence-electron chi connectivity index (χ1n) is 5.84. The van der Waals surface area contributed by atoms with Crippen LogP contribution in [-0.2, 0) is 9.84 Å². The topological polar surface area (TPSA) is 98.5 Å². The molecule has 0 atom stereocenters. The zero-order valence-corrected chi connectivity index (χ0v) is 12.7. The van der Waals surface area contributed by atoms with Gasteiger partial charge in [-0.15, -0.1) is 0 Å². The fourth-order valence-electron chi connectivity index (χ4n) is 1.38. The highest BCUT2D eigenvalue weighted by Gasteiger charge is 2.30. The number of ether oxygens (including phenoxy) is 1. The highest BCUT2D eigenvalue weighted by Crippen LogP contribution is 2.30. The summed E-state index contributed by atoms with van der Waals surface area (Å²) in [5.74, 6) is 0.122. The standard InChI is InChI=1S/C12H18N2O5S/c1-12(2,20(4,17)18)8-13-9-5-6-10(14(15)16)11(7-9)19-3/h5-7,13H,8H2,1-4H3. The van der Waals surface area contributed by atoms with Gasteiger partial charge in [0.2, 0.25) is 0 Å². The molecule has 1 rings (SSSR count). The van der Waals surface area contributed by atoms with E-state index in [-0.39, 0.29) is 18.0 Å². The van der Waals surface area contributed by atoms with Crippen molar-refractivity contribution in [2.24, 2.45) is 0 Å². The maximum atomic E-state index is 11.6. The summed E-state index contributed by atoms with van der Waals surface area (Å²) < 4.78 is 27.2. The van der Waals surface area contributed by atoms with Crippen molar-refractivity contribution in [3.05, 3.63) is 28.3 Å². The number of nitrogens with zero attached hydrogens (tertiary/aromatic N) is 1.